The van der Waals surface area contributed by atoms with E-state index in [0.29, 0.717) is 30.0 Å². The van der Waals surface area contributed by atoms with Gasteiger partial charge in [-0.15, -0.1) is 12.4 Å². The van der Waals surface area contributed by atoms with E-state index in [2.05, 4.69) is 4.98 Å². The number of alkyl halides is 2. The molecule has 236 valence electrons. The first-order chi connectivity index (χ1) is 22.4. The van der Waals surface area contributed by atoms with E-state index in [1.807, 2.05) is 24.3 Å². The number of aromatic nitrogens is 1. The molecule has 1 aliphatic carbocycles. The summed E-state index contributed by atoms with van der Waals surface area (Å²) in [6.45, 7) is 0.345. The number of amides is 1. The average Bonchev–Trinajstić information content (AvgIpc) is 3.30. The SMILES string of the molecule is Cl.O=C=C1C(c2ccccc2)=C2C(=O)N(c3ccccc3)C(C(=O)Cc3ccccn3)C(=C2N2CCCCc3ccccc32)C1(F)F. The van der Waals surface area contributed by atoms with Crippen molar-refractivity contribution in [2.45, 2.75) is 37.6 Å². The number of carbonyl (C=O) groups is 2. The number of fused-ring (bicyclic) bond motifs is 2. The second kappa shape index (κ2) is 12.9. The summed E-state index contributed by atoms with van der Waals surface area (Å²) in [5, 5.41) is 0. The summed E-state index contributed by atoms with van der Waals surface area (Å²) < 4.78 is 34.8. The van der Waals surface area contributed by atoms with E-state index in [9.17, 15) is 9.59 Å². The maximum absolute atomic E-state index is 17.4. The number of hydrogen-bond acceptors (Lipinski definition) is 5. The van der Waals surface area contributed by atoms with Crippen molar-refractivity contribution < 1.29 is 23.2 Å². The van der Waals surface area contributed by atoms with Crippen LogP contribution in [-0.4, -0.2) is 41.1 Å². The lowest BCUT2D eigenvalue weighted by atomic mass is 9.72. The molecule has 1 amide bonds. The molecule has 4 aromatic rings. The van der Waals surface area contributed by atoms with Crippen LogP contribution in [0.4, 0.5) is 20.2 Å². The average molecular weight is 650 g/mol. The highest BCUT2D eigenvalue weighted by molar-refractivity contribution is 6.23. The van der Waals surface area contributed by atoms with Crippen LogP contribution >= 0.6 is 12.4 Å². The van der Waals surface area contributed by atoms with Crippen molar-refractivity contribution in [3.05, 3.63) is 149 Å². The van der Waals surface area contributed by atoms with E-state index >= 15 is 13.6 Å². The fourth-order valence-electron chi connectivity index (χ4n) is 6.85. The van der Waals surface area contributed by atoms with Crippen LogP contribution in [0.25, 0.3) is 5.57 Å². The minimum atomic E-state index is -3.95. The second-order valence-electron chi connectivity index (χ2n) is 11.5. The Hall–Kier alpha value is -5.17. The third-order valence-electron chi connectivity index (χ3n) is 8.82. The van der Waals surface area contributed by atoms with Crippen molar-refractivity contribution in [1.29, 1.82) is 0 Å². The van der Waals surface area contributed by atoms with Gasteiger partial charge in [0.15, 0.2) is 5.78 Å². The lowest BCUT2D eigenvalue weighted by molar-refractivity contribution is -0.123. The van der Waals surface area contributed by atoms with Gasteiger partial charge in [-0.05, 0) is 60.7 Å². The zero-order valence-electron chi connectivity index (χ0n) is 25.2. The van der Waals surface area contributed by atoms with Gasteiger partial charge in [0.05, 0.1) is 23.3 Å². The molecule has 6 nitrogen and oxygen atoms in total. The number of carbonyl (C=O) groups excluding carboxylic acids is 3. The molecular weight excluding hydrogens is 620 g/mol. The number of hydrogen-bond donors (Lipinski definition) is 0. The third kappa shape index (κ3) is 5.39. The van der Waals surface area contributed by atoms with Gasteiger partial charge < -0.3 is 4.90 Å². The molecule has 0 radical (unpaired) electrons. The normalized spacial score (nSPS) is 18.6. The molecule has 2 bridgehead atoms. The number of allylic oxidation sites excluding steroid dienone is 2. The van der Waals surface area contributed by atoms with Gasteiger partial charge in [-0.1, -0.05) is 72.8 Å². The smallest absolute Gasteiger partial charge is 0.310 e. The highest BCUT2D eigenvalue weighted by Crippen LogP contribution is 2.55. The van der Waals surface area contributed by atoms with E-state index in [4.69, 9.17) is 0 Å². The Morgan fingerprint density at radius 1 is 0.872 bits per heavy atom. The van der Waals surface area contributed by atoms with Gasteiger partial charge in [-0.25, -0.2) is 4.79 Å². The van der Waals surface area contributed by atoms with Crippen molar-refractivity contribution in [3.63, 3.8) is 0 Å². The van der Waals surface area contributed by atoms with Crippen LogP contribution in [-0.2, 0) is 27.2 Å². The Bertz CT molecular complexity index is 1960. The van der Waals surface area contributed by atoms with Crippen molar-refractivity contribution in [1.82, 2.24) is 4.98 Å². The van der Waals surface area contributed by atoms with Gasteiger partial charge >= 0.3 is 5.92 Å². The highest BCUT2D eigenvalue weighted by atomic mass is 35.5. The predicted octanol–water partition coefficient (Wildman–Crippen LogP) is 6.99. The van der Waals surface area contributed by atoms with Crippen LogP contribution in [0.1, 0.15) is 29.7 Å². The van der Waals surface area contributed by atoms with Crippen molar-refractivity contribution >= 4 is 47.0 Å². The number of benzene rings is 3. The van der Waals surface area contributed by atoms with Crippen LogP contribution in [0.5, 0.6) is 0 Å². The van der Waals surface area contributed by atoms with E-state index in [1.54, 1.807) is 83.8 Å². The standard InChI is InChI=1S/C38H29F2N3O3.ClH/c39-38(40)29(24-44)32(26-15-3-1-4-16-26)33-36(42-22-12-10-14-25-13-7-8-20-30(25)42)34(38)35(31(45)23-27-17-9-11-21-41-27)43(37(33)46)28-18-5-2-6-19-28;/h1-9,11,13,15-21,35H,10,12,14,22-23H2;1H. The summed E-state index contributed by atoms with van der Waals surface area (Å²) in [5.74, 6) is -3.72. The minimum Gasteiger partial charge on any atom is -0.340 e. The molecule has 1 atom stereocenters. The number of anilines is 2. The molecule has 0 saturated heterocycles. The molecule has 7 rings (SSSR count). The molecule has 3 aliphatic rings. The maximum Gasteiger partial charge on any atom is 0.310 e. The summed E-state index contributed by atoms with van der Waals surface area (Å²) in [7, 11) is 0. The van der Waals surface area contributed by atoms with Gasteiger partial charge in [0, 0.05) is 35.4 Å². The third-order valence-corrected chi connectivity index (χ3v) is 8.82. The Labute approximate surface area is 277 Å². The number of pyridine rings is 1. The lowest BCUT2D eigenvalue weighted by Gasteiger charge is -2.47. The van der Waals surface area contributed by atoms with Gasteiger partial charge in [-0.3, -0.25) is 19.5 Å². The molecule has 2 aliphatic heterocycles. The van der Waals surface area contributed by atoms with E-state index in [0.717, 1.165) is 18.4 Å². The van der Waals surface area contributed by atoms with Crippen LogP contribution in [0.15, 0.2) is 132 Å². The zero-order chi connectivity index (χ0) is 31.8. The number of Topliss-reactive ketones (excluding diaryl/α,β-unsaturated/α-hetero) is 1. The monoisotopic (exact) mass is 649 g/mol. The molecule has 3 aromatic carbocycles. The fourth-order valence-corrected chi connectivity index (χ4v) is 6.85. The first kappa shape index (κ1) is 31.8. The molecule has 1 unspecified atom stereocenters. The van der Waals surface area contributed by atoms with Crippen LogP contribution < -0.4 is 9.80 Å². The minimum absolute atomic E-state index is 0. The van der Waals surface area contributed by atoms with Gasteiger partial charge in [0.2, 0.25) is 0 Å². The molecule has 47 heavy (non-hydrogen) atoms. The summed E-state index contributed by atoms with van der Waals surface area (Å²) in [6, 6.07) is 27.6. The second-order valence-corrected chi connectivity index (χ2v) is 11.5. The van der Waals surface area contributed by atoms with Crippen molar-refractivity contribution in [2.24, 2.45) is 0 Å². The topological polar surface area (TPSA) is 70.6 Å². The molecule has 0 saturated carbocycles. The number of para-hydroxylation sites is 2. The van der Waals surface area contributed by atoms with E-state index in [1.165, 1.54) is 17.0 Å². The van der Waals surface area contributed by atoms with E-state index < -0.39 is 34.8 Å². The van der Waals surface area contributed by atoms with Gasteiger partial charge in [0.1, 0.15) is 17.6 Å². The predicted molar refractivity (Wildman–Crippen MR) is 179 cm³/mol. The summed E-state index contributed by atoms with van der Waals surface area (Å²) >= 11 is 0. The number of halogens is 3. The molecule has 1 aromatic heterocycles. The lowest BCUT2D eigenvalue weighted by Crippen LogP contribution is -2.59. The number of aryl methyl sites for hydroxylation is 1. The first-order valence-electron chi connectivity index (χ1n) is 15.3. The Morgan fingerprint density at radius 2 is 1.55 bits per heavy atom. The van der Waals surface area contributed by atoms with Gasteiger partial charge in [0.25, 0.3) is 5.91 Å². The fraction of sp³-hybridized carbons (Fsp3) is 0.184. The Morgan fingerprint density at radius 3 is 2.26 bits per heavy atom. The zero-order valence-corrected chi connectivity index (χ0v) is 26.1. The van der Waals surface area contributed by atoms with Crippen LogP contribution in [0.2, 0.25) is 0 Å². The molecule has 0 spiro atoms. The van der Waals surface area contributed by atoms with Crippen LogP contribution in [0.3, 0.4) is 0 Å². The highest BCUT2D eigenvalue weighted by Gasteiger charge is 2.60. The molecular formula is C38H30ClF2N3O3. The summed E-state index contributed by atoms with van der Waals surface area (Å²) in [4.78, 5) is 49.3. The van der Waals surface area contributed by atoms with E-state index in [-0.39, 0.29) is 41.2 Å². The summed E-state index contributed by atoms with van der Waals surface area (Å²) in [5.41, 5.74) is 0.819. The quantitative estimate of drug-likeness (QED) is 0.211. The van der Waals surface area contributed by atoms with Gasteiger partial charge in [-0.2, -0.15) is 8.78 Å². The maximum atomic E-state index is 17.4. The molecule has 0 N–H and O–H groups in total. The number of ketones is 1. The Balaban J connectivity index is 0.00000386. The van der Waals surface area contributed by atoms with Crippen molar-refractivity contribution in [2.75, 3.05) is 16.3 Å². The number of rotatable bonds is 6. The first-order valence-corrected chi connectivity index (χ1v) is 15.3. The largest absolute Gasteiger partial charge is 0.340 e. The molecule has 3 heterocycles. The summed E-state index contributed by atoms with van der Waals surface area (Å²) in [6.07, 6.45) is 3.46. The molecule has 0 fully saturated rings. The van der Waals surface area contributed by atoms with Crippen molar-refractivity contribution in [3.8, 4) is 0 Å². The molecule has 9 heteroatoms. The number of nitrogens with zero attached hydrogens (tertiary/aromatic N) is 3. The Kier molecular flexibility index (Phi) is 8.74. The van der Waals surface area contributed by atoms with Crippen LogP contribution in [0, 0.1) is 0 Å².